The van der Waals surface area contributed by atoms with Crippen molar-refractivity contribution >= 4 is 16.6 Å². The number of fused-ring (bicyclic) bond motifs is 3. The fourth-order valence-electron chi connectivity index (χ4n) is 1.95. The number of H-pyrrole nitrogens is 1. The van der Waals surface area contributed by atoms with Crippen molar-refractivity contribution in [2.45, 2.75) is 19.8 Å². The standard InChI is InChI=1S/C12H12N4O/c1-7(2)8-3-4-9-10(5-8)15-12(17)16-11(9)13-6-14-16/h3-7H,1-2H3,(H,13,14). The topological polar surface area (TPSA) is 63.1 Å². The molecule has 0 unspecified atom stereocenters. The molecule has 3 aromatic rings. The number of rotatable bonds is 1. The number of aromatic nitrogens is 4. The van der Waals surface area contributed by atoms with E-state index in [2.05, 4.69) is 35.0 Å². The Morgan fingerprint density at radius 2 is 2.18 bits per heavy atom. The molecule has 0 fully saturated rings. The molecule has 5 nitrogen and oxygen atoms in total. The molecule has 5 heteroatoms. The highest BCUT2D eigenvalue weighted by Crippen LogP contribution is 2.20. The average Bonchev–Trinajstić information content (AvgIpc) is 2.78. The Hall–Kier alpha value is -2.17. The largest absolute Gasteiger partial charge is 0.370 e. The van der Waals surface area contributed by atoms with Crippen molar-refractivity contribution in [2.75, 3.05) is 0 Å². The summed E-state index contributed by atoms with van der Waals surface area (Å²) in [6.45, 7) is 4.23. The number of hydrogen-bond donors (Lipinski definition) is 1. The zero-order valence-corrected chi connectivity index (χ0v) is 9.64. The van der Waals surface area contributed by atoms with Crippen LogP contribution in [0.1, 0.15) is 25.3 Å². The van der Waals surface area contributed by atoms with E-state index in [0.717, 1.165) is 5.39 Å². The van der Waals surface area contributed by atoms with Crippen molar-refractivity contribution in [3.8, 4) is 0 Å². The molecule has 2 heterocycles. The maximum Gasteiger partial charge on any atom is 0.370 e. The molecule has 2 aromatic heterocycles. The molecular weight excluding hydrogens is 216 g/mol. The van der Waals surface area contributed by atoms with Crippen molar-refractivity contribution in [1.29, 1.82) is 0 Å². The van der Waals surface area contributed by atoms with Crippen molar-refractivity contribution in [3.63, 3.8) is 0 Å². The summed E-state index contributed by atoms with van der Waals surface area (Å²) in [5.74, 6) is 0.418. The van der Waals surface area contributed by atoms with Gasteiger partial charge in [-0.3, -0.25) is 0 Å². The highest BCUT2D eigenvalue weighted by atomic mass is 16.1. The van der Waals surface area contributed by atoms with Crippen molar-refractivity contribution in [3.05, 3.63) is 40.6 Å². The first-order valence-corrected chi connectivity index (χ1v) is 5.53. The van der Waals surface area contributed by atoms with E-state index in [9.17, 15) is 4.79 Å². The van der Waals surface area contributed by atoms with Crippen LogP contribution in [-0.4, -0.2) is 19.6 Å². The zero-order chi connectivity index (χ0) is 12.0. The molecule has 17 heavy (non-hydrogen) atoms. The van der Waals surface area contributed by atoms with Crippen LogP contribution in [0.5, 0.6) is 0 Å². The normalized spacial score (nSPS) is 11.7. The maximum absolute atomic E-state index is 11.7. The molecule has 3 rings (SSSR count). The Morgan fingerprint density at radius 3 is 2.94 bits per heavy atom. The summed E-state index contributed by atoms with van der Waals surface area (Å²) in [5, 5.41) is 4.82. The van der Waals surface area contributed by atoms with E-state index < -0.39 is 0 Å². The smallest absolute Gasteiger partial charge is 0.329 e. The Balaban J connectivity index is 2.46. The Labute approximate surface area is 97.1 Å². The van der Waals surface area contributed by atoms with Gasteiger partial charge in [-0.05, 0) is 23.6 Å². The first kappa shape index (κ1) is 10.0. The van der Waals surface area contributed by atoms with E-state index >= 15 is 0 Å². The minimum Gasteiger partial charge on any atom is -0.329 e. The lowest BCUT2D eigenvalue weighted by Gasteiger charge is -2.06. The molecule has 0 atom stereocenters. The fourth-order valence-corrected chi connectivity index (χ4v) is 1.95. The minimum absolute atomic E-state index is 0.352. The van der Waals surface area contributed by atoms with Crippen molar-refractivity contribution in [1.82, 2.24) is 19.6 Å². The van der Waals surface area contributed by atoms with E-state index in [0.29, 0.717) is 17.1 Å². The Kier molecular flexibility index (Phi) is 2.01. The first-order valence-electron chi connectivity index (χ1n) is 5.53. The predicted octanol–water partition coefficient (Wildman–Crippen LogP) is 1.69. The highest BCUT2D eigenvalue weighted by Gasteiger charge is 2.08. The summed E-state index contributed by atoms with van der Waals surface area (Å²) >= 11 is 0. The second kappa shape index (κ2) is 3.41. The third kappa shape index (κ3) is 1.43. The first-order chi connectivity index (χ1) is 8.16. The summed E-state index contributed by atoms with van der Waals surface area (Å²) in [4.78, 5) is 18.7. The third-order valence-electron chi connectivity index (χ3n) is 2.93. The molecule has 0 amide bonds. The molecule has 0 bridgehead atoms. The summed E-state index contributed by atoms with van der Waals surface area (Å²) < 4.78 is 1.28. The number of nitrogens with zero attached hydrogens (tertiary/aromatic N) is 3. The van der Waals surface area contributed by atoms with Gasteiger partial charge in [0.1, 0.15) is 12.0 Å². The molecule has 0 saturated carbocycles. The van der Waals surface area contributed by atoms with E-state index in [-0.39, 0.29) is 5.69 Å². The number of aromatic amines is 1. The van der Waals surface area contributed by atoms with E-state index in [1.165, 1.54) is 16.4 Å². The third-order valence-corrected chi connectivity index (χ3v) is 2.93. The summed E-state index contributed by atoms with van der Waals surface area (Å²) in [5.41, 5.74) is 2.23. The van der Waals surface area contributed by atoms with Gasteiger partial charge in [-0.25, -0.2) is 4.79 Å². The lowest BCUT2D eigenvalue weighted by Crippen LogP contribution is -2.17. The summed E-state index contributed by atoms with van der Waals surface area (Å²) in [6.07, 6.45) is 1.49. The minimum atomic E-state index is -0.352. The molecule has 0 saturated heterocycles. The predicted molar refractivity (Wildman–Crippen MR) is 65.2 cm³/mol. The molecule has 0 aliphatic carbocycles. The van der Waals surface area contributed by atoms with Crippen LogP contribution in [0.2, 0.25) is 0 Å². The van der Waals surface area contributed by atoms with Crippen molar-refractivity contribution in [2.24, 2.45) is 0 Å². The van der Waals surface area contributed by atoms with Gasteiger partial charge in [0.15, 0.2) is 0 Å². The Morgan fingerprint density at radius 1 is 1.35 bits per heavy atom. The van der Waals surface area contributed by atoms with Crippen LogP contribution in [0, 0.1) is 0 Å². The van der Waals surface area contributed by atoms with Gasteiger partial charge >= 0.3 is 5.69 Å². The van der Waals surface area contributed by atoms with Crippen LogP contribution < -0.4 is 5.69 Å². The van der Waals surface area contributed by atoms with E-state index in [1.54, 1.807) is 0 Å². The summed E-state index contributed by atoms with van der Waals surface area (Å²) in [7, 11) is 0. The maximum atomic E-state index is 11.7. The van der Waals surface area contributed by atoms with Gasteiger partial charge in [0.05, 0.1) is 5.52 Å². The molecule has 0 aliphatic rings. The van der Waals surface area contributed by atoms with Crippen molar-refractivity contribution < 1.29 is 0 Å². The number of nitrogens with one attached hydrogen (secondary N) is 1. The van der Waals surface area contributed by atoms with Crippen LogP contribution in [0.4, 0.5) is 0 Å². The van der Waals surface area contributed by atoms with Crippen LogP contribution in [0.25, 0.3) is 16.6 Å². The SMILES string of the molecule is CC(C)c1ccc2c(c1)nc(=O)n1nc[nH]c21. The lowest BCUT2D eigenvalue weighted by atomic mass is 10.0. The number of hydrogen-bond acceptors (Lipinski definition) is 3. The quantitative estimate of drug-likeness (QED) is 0.689. The van der Waals surface area contributed by atoms with E-state index in [4.69, 9.17) is 0 Å². The van der Waals surface area contributed by atoms with Crippen LogP contribution in [0.15, 0.2) is 29.3 Å². The van der Waals surface area contributed by atoms with Gasteiger partial charge in [-0.1, -0.05) is 19.9 Å². The molecular formula is C12H12N4O. The average molecular weight is 228 g/mol. The highest BCUT2D eigenvalue weighted by molar-refractivity contribution is 5.91. The molecule has 1 aromatic carbocycles. The lowest BCUT2D eigenvalue weighted by molar-refractivity contribution is 0.862. The van der Waals surface area contributed by atoms with E-state index in [1.807, 2.05) is 12.1 Å². The molecule has 86 valence electrons. The summed E-state index contributed by atoms with van der Waals surface area (Å²) in [6, 6.07) is 5.99. The molecule has 0 aliphatic heterocycles. The number of benzene rings is 1. The fraction of sp³-hybridized carbons (Fsp3) is 0.250. The zero-order valence-electron chi connectivity index (χ0n) is 9.64. The van der Waals surface area contributed by atoms with Gasteiger partial charge in [0, 0.05) is 5.39 Å². The van der Waals surface area contributed by atoms with Gasteiger partial charge < -0.3 is 4.98 Å². The van der Waals surface area contributed by atoms with Gasteiger partial charge in [0.25, 0.3) is 0 Å². The van der Waals surface area contributed by atoms with Crippen LogP contribution in [0.3, 0.4) is 0 Å². The van der Waals surface area contributed by atoms with Crippen LogP contribution >= 0.6 is 0 Å². The molecule has 1 N–H and O–H groups in total. The van der Waals surface area contributed by atoms with Gasteiger partial charge in [0.2, 0.25) is 0 Å². The molecule has 0 radical (unpaired) electrons. The Bertz CT molecular complexity index is 754. The van der Waals surface area contributed by atoms with Crippen LogP contribution in [-0.2, 0) is 0 Å². The molecule has 0 spiro atoms. The second-order valence-electron chi connectivity index (χ2n) is 4.37. The second-order valence-corrected chi connectivity index (χ2v) is 4.37. The van der Waals surface area contributed by atoms with Gasteiger partial charge in [-0.2, -0.15) is 14.6 Å². The monoisotopic (exact) mass is 228 g/mol. The van der Waals surface area contributed by atoms with Gasteiger partial charge in [-0.15, -0.1) is 0 Å².